The molecule has 0 saturated carbocycles. The van der Waals surface area contributed by atoms with Crippen LogP contribution in [0.25, 0.3) is 0 Å². The molecule has 15 heavy (non-hydrogen) atoms. The quantitative estimate of drug-likeness (QED) is 0.619. The summed E-state index contributed by atoms with van der Waals surface area (Å²) in [5.74, 6) is 0. The topological polar surface area (TPSA) is 37.8 Å². The number of nitrogens with zero attached hydrogens (tertiary/aromatic N) is 1. The molecule has 0 aromatic carbocycles. The first-order valence-corrected chi connectivity index (χ1v) is 5.87. The number of aromatic nitrogens is 2. The second-order valence-corrected chi connectivity index (χ2v) is 4.25. The van der Waals surface area contributed by atoms with E-state index in [1.54, 1.807) is 6.20 Å². The third kappa shape index (κ3) is 3.63. The molecule has 0 spiro atoms. The van der Waals surface area contributed by atoms with E-state index < -0.39 is 0 Å². The van der Waals surface area contributed by atoms with Gasteiger partial charge in [0.2, 0.25) is 0 Å². The lowest BCUT2D eigenvalue weighted by Crippen LogP contribution is -2.14. The summed E-state index contributed by atoms with van der Waals surface area (Å²) < 4.78 is 2.47. The van der Waals surface area contributed by atoms with Gasteiger partial charge in [-0.25, -0.2) is 0 Å². The first kappa shape index (κ1) is 12.2. The van der Waals surface area contributed by atoms with Crippen molar-refractivity contribution in [2.45, 2.75) is 45.6 Å². The van der Waals surface area contributed by atoms with Crippen LogP contribution in [0.2, 0.25) is 0 Å². The van der Waals surface area contributed by atoms with Crippen molar-refractivity contribution in [3.63, 3.8) is 0 Å². The summed E-state index contributed by atoms with van der Waals surface area (Å²) in [6.45, 7) is 4.32. The maximum Gasteiger partial charge on any atom is 0.251 e. The van der Waals surface area contributed by atoms with Crippen LogP contribution in [-0.4, -0.2) is 9.55 Å². The molecule has 1 aromatic heterocycles. The molecule has 1 rings (SSSR count). The minimum Gasteiger partial charge on any atom is -0.322 e. The van der Waals surface area contributed by atoms with Crippen molar-refractivity contribution in [1.29, 1.82) is 0 Å². The van der Waals surface area contributed by atoms with E-state index in [9.17, 15) is 4.79 Å². The summed E-state index contributed by atoms with van der Waals surface area (Å²) in [6, 6.07) is 1.88. The van der Waals surface area contributed by atoms with Crippen molar-refractivity contribution >= 4 is 12.2 Å². The molecular formula is C11H18N2OS. The van der Waals surface area contributed by atoms with E-state index in [2.05, 4.69) is 18.8 Å². The van der Waals surface area contributed by atoms with Gasteiger partial charge in [0.05, 0.1) is 0 Å². The lowest BCUT2D eigenvalue weighted by atomic mass is 10.1. The molecule has 0 radical (unpaired) electrons. The molecule has 1 N–H and O–H groups in total. The number of unbranched alkanes of at least 4 members (excludes halogenated alkanes) is 2. The van der Waals surface area contributed by atoms with Crippen LogP contribution in [0.3, 0.4) is 0 Å². The van der Waals surface area contributed by atoms with E-state index in [0.717, 1.165) is 6.42 Å². The summed E-state index contributed by atoms with van der Waals surface area (Å²) >= 11 is 5.10. The van der Waals surface area contributed by atoms with E-state index in [1.807, 2.05) is 4.57 Å². The molecule has 1 unspecified atom stereocenters. The highest BCUT2D eigenvalue weighted by Gasteiger charge is 2.04. The zero-order chi connectivity index (χ0) is 11.3. The van der Waals surface area contributed by atoms with Gasteiger partial charge in [-0.3, -0.25) is 9.78 Å². The second kappa shape index (κ2) is 5.85. The Kier molecular flexibility index (Phi) is 4.75. The van der Waals surface area contributed by atoms with Gasteiger partial charge in [-0.2, -0.15) is 0 Å². The van der Waals surface area contributed by atoms with Gasteiger partial charge in [-0.1, -0.05) is 26.2 Å². The average Bonchev–Trinajstić information content (AvgIpc) is 2.17. The molecule has 4 heteroatoms. The Bertz CT molecular complexity index is 408. The number of aromatic amines is 1. The molecule has 0 saturated heterocycles. The third-order valence-corrected chi connectivity index (χ3v) is 2.86. The minimum atomic E-state index is -0.128. The van der Waals surface area contributed by atoms with E-state index in [0.29, 0.717) is 10.8 Å². The zero-order valence-electron chi connectivity index (χ0n) is 9.32. The number of hydrogen-bond donors (Lipinski definition) is 1. The molecule has 3 nitrogen and oxygen atoms in total. The first-order chi connectivity index (χ1) is 7.15. The standard InChI is InChI=1S/C11H18N2OS/c1-3-4-5-6-9(2)13-8-7-10(14)12-11(13)15/h7-9H,3-6H2,1-2H3,(H,12,14,15). The van der Waals surface area contributed by atoms with Crippen LogP contribution in [-0.2, 0) is 0 Å². The lowest BCUT2D eigenvalue weighted by Gasteiger charge is -2.14. The molecule has 1 heterocycles. The fourth-order valence-electron chi connectivity index (χ4n) is 1.60. The smallest absolute Gasteiger partial charge is 0.251 e. The maximum absolute atomic E-state index is 11.0. The monoisotopic (exact) mass is 226 g/mol. The van der Waals surface area contributed by atoms with E-state index in [1.165, 1.54) is 25.3 Å². The predicted octanol–water partition coefficient (Wildman–Crippen LogP) is 3.05. The lowest BCUT2D eigenvalue weighted by molar-refractivity contribution is 0.464. The summed E-state index contributed by atoms with van der Waals surface area (Å²) in [6.07, 6.45) is 6.56. The van der Waals surface area contributed by atoms with Crippen LogP contribution in [0.4, 0.5) is 0 Å². The van der Waals surface area contributed by atoms with Crippen molar-refractivity contribution in [3.8, 4) is 0 Å². The Balaban J connectivity index is 2.69. The molecule has 1 atom stereocenters. The van der Waals surface area contributed by atoms with Crippen molar-refractivity contribution in [2.24, 2.45) is 0 Å². The number of nitrogens with one attached hydrogen (secondary N) is 1. The highest BCUT2D eigenvalue weighted by Crippen LogP contribution is 2.14. The third-order valence-electron chi connectivity index (χ3n) is 2.55. The van der Waals surface area contributed by atoms with Crippen molar-refractivity contribution in [3.05, 3.63) is 27.4 Å². The molecule has 0 amide bonds. The fraction of sp³-hybridized carbons (Fsp3) is 0.636. The largest absolute Gasteiger partial charge is 0.322 e. The Morgan fingerprint density at radius 3 is 2.87 bits per heavy atom. The van der Waals surface area contributed by atoms with Crippen molar-refractivity contribution < 1.29 is 0 Å². The normalized spacial score (nSPS) is 12.7. The second-order valence-electron chi connectivity index (χ2n) is 3.86. The summed E-state index contributed by atoms with van der Waals surface area (Å²) in [5, 5.41) is 0. The molecule has 1 aromatic rings. The summed E-state index contributed by atoms with van der Waals surface area (Å²) in [5.41, 5.74) is -0.128. The Morgan fingerprint density at radius 1 is 1.53 bits per heavy atom. The Labute approximate surface area is 95.2 Å². The van der Waals surface area contributed by atoms with Crippen LogP contribution in [0.1, 0.15) is 45.6 Å². The SMILES string of the molecule is CCCCCC(C)n1ccc(=O)[nH]c1=S. The van der Waals surface area contributed by atoms with Gasteiger partial charge >= 0.3 is 0 Å². The Hall–Kier alpha value is -0.900. The van der Waals surface area contributed by atoms with Crippen LogP contribution in [0.15, 0.2) is 17.1 Å². The van der Waals surface area contributed by atoms with Crippen LogP contribution < -0.4 is 5.56 Å². The van der Waals surface area contributed by atoms with Gasteiger partial charge in [0.25, 0.3) is 5.56 Å². The van der Waals surface area contributed by atoms with Gasteiger partial charge in [-0.15, -0.1) is 0 Å². The van der Waals surface area contributed by atoms with Crippen LogP contribution in [0, 0.1) is 4.77 Å². The average molecular weight is 226 g/mol. The highest BCUT2D eigenvalue weighted by atomic mass is 32.1. The molecule has 0 fully saturated rings. The number of rotatable bonds is 5. The molecule has 84 valence electrons. The van der Waals surface area contributed by atoms with E-state index in [4.69, 9.17) is 12.2 Å². The first-order valence-electron chi connectivity index (χ1n) is 5.46. The fourth-order valence-corrected chi connectivity index (χ4v) is 1.94. The van der Waals surface area contributed by atoms with Crippen molar-refractivity contribution in [1.82, 2.24) is 9.55 Å². The summed E-state index contributed by atoms with van der Waals surface area (Å²) in [4.78, 5) is 13.6. The summed E-state index contributed by atoms with van der Waals surface area (Å²) in [7, 11) is 0. The van der Waals surface area contributed by atoms with Gasteiger partial charge < -0.3 is 4.57 Å². The number of hydrogen-bond acceptors (Lipinski definition) is 2. The molecule has 0 aliphatic carbocycles. The van der Waals surface area contributed by atoms with Crippen LogP contribution in [0.5, 0.6) is 0 Å². The number of H-pyrrole nitrogens is 1. The Morgan fingerprint density at radius 2 is 2.27 bits per heavy atom. The van der Waals surface area contributed by atoms with Crippen molar-refractivity contribution in [2.75, 3.05) is 0 Å². The van der Waals surface area contributed by atoms with Crippen LogP contribution >= 0.6 is 12.2 Å². The molecule has 0 bridgehead atoms. The highest BCUT2D eigenvalue weighted by molar-refractivity contribution is 7.71. The van der Waals surface area contributed by atoms with Gasteiger partial charge in [-0.05, 0) is 25.6 Å². The van der Waals surface area contributed by atoms with E-state index in [-0.39, 0.29) is 5.56 Å². The van der Waals surface area contributed by atoms with Gasteiger partial charge in [0.1, 0.15) is 0 Å². The molecule has 0 aliphatic heterocycles. The maximum atomic E-state index is 11.0. The zero-order valence-corrected chi connectivity index (χ0v) is 10.1. The molecule has 0 aliphatic rings. The predicted molar refractivity (Wildman–Crippen MR) is 64.7 cm³/mol. The van der Waals surface area contributed by atoms with E-state index >= 15 is 0 Å². The van der Waals surface area contributed by atoms with Gasteiger partial charge in [0, 0.05) is 18.3 Å². The molecular weight excluding hydrogens is 208 g/mol. The minimum absolute atomic E-state index is 0.128. The van der Waals surface area contributed by atoms with Gasteiger partial charge in [0.15, 0.2) is 4.77 Å².